The van der Waals surface area contributed by atoms with Crippen molar-refractivity contribution in [2.24, 2.45) is 0 Å². The molecule has 0 N–H and O–H groups in total. The molecule has 0 spiro atoms. The molecule has 0 bridgehead atoms. The molecule has 0 aromatic heterocycles. The van der Waals surface area contributed by atoms with Crippen LogP contribution in [0.5, 0.6) is 0 Å². The minimum absolute atomic E-state index is 0. The minimum atomic E-state index is -3.19. The van der Waals surface area contributed by atoms with Gasteiger partial charge < -0.3 is 0 Å². The number of rotatable bonds is 0. The van der Waals surface area contributed by atoms with E-state index in [1.54, 1.807) is 0 Å². The first kappa shape index (κ1) is 10.8. The van der Waals surface area contributed by atoms with Crippen LogP contribution >= 0.6 is 10.7 Å². The van der Waals surface area contributed by atoms with Crippen molar-refractivity contribution in [3.05, 3.63) is 0 Å². The first-order valence-electron chi connectivity index (χ1n) is 0.896. The van der Waals surface area contributed by atoms with Crippen molar-refractivity contribution in [3.8, 4) is 0 Å². The van der Waals surface area contributed by atoms with E-state index in [9.17, 15) is 8.42 Å². The molecule has 34 valence electrons. The fourth-order valence-electron chi connectivity index (χ4n) is 0. The Bertz CT molecular complexity index is 96.7. The molecule has 0 aliphatic carbocycles. The number of hydrogen-bond donors (Lipinski definition) is 0. The summed E-state index contributed by atoms with van der Waals surface area (Å²) < 4.78 is 18.8. The Morgan fingerprint density at radius 2 is 1.50 bits per heavy atom. The third-order valence-corrected chi connectivity index (χ3v) is 0. The summed E-state index contributed by atoms with van der Waals surface area (Å²) in [5.74, 6) is 0. The monoisotopic (exact) mass is 154 g/mol. The van der Waals surface area contributed by atoms with Crippen molar-refractivity contribution >= 4 is 71.1 Å². The molecule has 0 aliphatic heterocycles. The van der Waals surface area contributed by atoms with Gasteiger partial charge in [0, 0.05) is 10.7 Å². The van der Waals surface area contributed by atoms with Crippen molar-refractivity contribution in [2.45, 2.75) is 0 Å². The fraction of sp³-hybridized carbons (Fsp3) is 1.00. The van der Waals surface area contributed by atoms with Gasteiger partial charge in [0.05, 0.1) is 6.26 Å². The van der Waals surface area contributed by atoms with E-state index in [2.05, 4.69) is 10.7 Å². The average molecular weight is 155 g/mol. The van der Waals surface area contributed by atoms with Gasteiger partial charge in [-0.15, -0.1) is 0 Å². The van der Waals surface area contributed by atoms with Gasteiger partial charge in [0.1, 0.15) is 0 Å². The topological polar surface area (TPSA) is 34.1 Å². The Morgan fingerprint density at radius 3 is 1.50 bits per heavy atom. The molecule has 0 fully saturated rings. The first-order chi connectivity index (χ1) is 2.00. The first-order valence-corrected chi connectivity index (χ1v) is 3.61. The van der Waals surface area contributed by atoms with Gasteiger partial charge in [-0.05, 0) is 0 Å². The van der Waals surface area contributed by atoms with Crippen LogP contribution in [0.15, 0.2) is 0 Å². The molecule has 0 atom stereocenters. The predicted octanol–water partition coefficient (Wildman–Crippen LogP) is -0.464. The van der Waals surface area contributed by atoms with Gasteiger partial charge in [0.15, 0.2) is 0 Å². The van der Waals surface area contributed by atoms with Gasteiger partial charge in [-0.2, -0.15) is 0 Å². The number of halogens is 1. The summed E-state index contributed by atoms with van der Waals surface area (Å²) in [7, 11) is 1.31. The van der Waals surface area contributed by atoms with Crippen molar-refractivity contribution in [3.63, 3.8) is 0 Å². The van der Waals surface area contributed by atoms with Crippen molar-refractivity contribution in [1.29, 1.82) is 0 Å². The summed E-state index contributed by atoms with van der Waals surface area (Å²) in [5.41, 5.74) is 0. The normalized spacial score (nSPS) is 9.67. The van der Waals surface area contributed by atoms with E-state index in [0.717, 1.165) is 6.26 Å². The van der Waals surface area contributed by atoms with Gasteiger partial charge in [0.25, 0.3) is 0 Å². The molecule has 0 rings (SSSR count). The third-order valence-electron chi connectivity index (χ3n) is 0. The molecule has 0 heterocycles. The number of hydrogen-bond acceptors (Lipinski definition) is 2. The molecule has 0 saturated carbocycles. The Labute approximate surface area is 84.1 Å². The zero-order chi connectivity index (χ0) is 4.50. The van der Waals surface area contributed by atoms with Crippen LogP contribution in [0.25, 0.3) is 0 Å². The van der Waals surface area contributed by atoms with Gasteiger partial charge >= 0.3 is 51.4 Å². The molecule has 0 aromatic carbocycles. The molecule has 6 heavy (non-hydrogen) atoms. The standard InChI is InChI=1S/CH3ClO2S.K.H/c1-5(2,3)4;;/h1H3;;. The van der Waals surface area contributed by atoms with Gasteiger partial charge in [-0.3, -0.25) is 0 Å². The van der Waals surface area contributed by atoms with E-state index in [1.165, 1.54) is 0 Å². The van der Waals surface area contributed by atoms with E-state index in [1.807, 2.05) is 0 Å². The molecule has 2 nitrogen and oxygen atoms in total. The Balaban J connectivity index is 0. The van der Waals surface area contributed by atoms with E-state index >= 15 is 0 Å². The Kier molecular flexibility index (Phi) is 6.88. The molecular weight excluding hydrogens is 151 g/mol. The summed E-state index contributed by atoms with van der Waals surface area (Å²) in [5, 5.41) is 0. The second-order valence-corrected chi connectivity index (χ2v) is 3.73. The third kappa shape index (κ3) is 39.7. The van der Waals surface area contributed by atoms with Crippen LogP contribution in [0.4, 0.5) is 0 Å². The summed E-state index contributed by atoms with van der Waals surface area (Å²) >= 11 is 0. The van der Waals surface area contributed by atoms with E-state index in [0.29, 0.717) is 0 Å². The van der Waals surface area contributed by atoms with Crippen LogP contribution in [0, 0.1) is 0 Å². The zero-order valence-corrected chi connectivity index (χ0v) is 4.18. The maximum atomic E-state index is 9.40. The molecular formula is CH4ClKO2S. The molecule has 0 aromatic rings. The van der Waals surface area contributed by atoms with E-state index < -0.39 is 9.05 Å². The van der Waals surface area contributed by atoms with Gasteiger partial charge in [-0.1, -0.05) is 0 Å². The molecule has 0 unspecified atom stereocenters. The summed E-state index contributed by atoms with van der Waals surface area (Å²) in [6, 6.07) is 0. The second-order valence-electron chi connectivity index (χ2n) is 0.682. The van der Waals surface area contributed by atoms with Crippen LogP contribution in [0.2, 0.25) is 0 Å². The van der Waals surface area contributed by atoms with Crippen LogP contribution < -0.4 is 0 Å². The van der Waals surface area contributed by atoms with E-state index in [4.69, 9.17) is 0 Å². The molecule has 0 aliphatic rings. The van der Waals surface area contributed by atoms with E-state index in [-0.39, 0.29) is 51.4 Å². The molecule has 0 amide bonds. The summed E-state index contributed by atoms with van der Waals surface area (Å²) in [4.78, 5) is 0. The Hall–Kier alpha value is 1.88. The summed E-state index contributed by atoms with van der Waals surface area (Å²) in [6.45, 7) is 0. The van der Waals surface area contributed by atoms with Gasteiger partial charge in [-0.25, -0.2) is 8.42 Å². The average Bonchev–Trinajstić information content (AvgIpc) is 0.722. The van der Waals surface area contributed by atoms with Gasteiger partial charge in [0.2, 0.25) is 9.05 Å². The summed E-state index contributed by atoms with van der Waals surface area (Å²) in [6.07, 6.45) is 0.925. The maximum absolute atomic E-state index is 9.40. The quantitative estimate of drug-likeness (QED) is 0.350. The van der Waals surface area contributed by atoms with Crippen LogP contribution in [-0.4, -0.2) is 66.1 Å². The van der Waals surface area contributed by atoms with Crippen molar-refractivity contribution in [1.82, 2.24) is 0 Å². The predicted molar refractivity (Wildman–Crippen MR) is 27.8 cm³/mol. The molecule has 0 saturated heterocycles. The van der Waals surface area contributed by atoms with Crippen molar-refractivity contribution in [2.75, 3.05) is 6.26 Å². The van der Waals surface area contributed by atoms with Crippen LogP contribution in [0.1, 0.15) is 0 Å². The Morgan fingerprint density at radius 1 is 1.50 bits per heavy atom. The SMILES string of the molecule is CS(=O)(=O)Cl.[KH]. The molecule has 5 heteroatoms. The van der Waals surface area contributed by atoms with Crippen LogP contribution in [-0.2, 0) is 9.05 Å². The fourth-order valence-corrected chi connectivity index (χ4v) is 0. The second kappa shape index (κ2) is 3.83. The van der Waals surface area contributed by atoms with Crippen LogP contribution in [0.3, 0.4) is 0 Å². The molecule has 0 radical (unpaired) electrons. The van der Waals surface area contributed by atoms with Crippen molar-refractivity contribution < 1.29 is 8.42 Å². The zero-order valence-electron chi connectivity index (χ0n) is 2.60.